The van der Waals surface area contributed by atoms with Crippen LogP contribution in [-0.2, 0) is 0 Å². The fourth-order valence-corrected chi connectivity index (χ4v) is 3.25. The Bertz CT molecular complexity index is 406. The maximum absolute atomic E-state index is 3.33. The lowest BCUT2D eigenvalue weighted by Crippen LogP contribution is -2.45. The van der Waals surface area contributed by atoms with Gasteiger partial charge in [0.25, 0.3) is 0 Å². The van der Waals surface area contributed by atoms with Gasteiger partial charge in [-0.15, -0.1) is 0 Å². The first kappa shape index (κ1) is 14.4. The SMILES string of the molecule is CNCC1CCN(c2ccc(C(C)C)cc2)C1(C)C. The average Bonchev–Trinajstić information content (AvgIpc) is 2.66. The van der Waals surface area contributed by atoms with E-state index in [-0.39, 0.29) is 5.54 Å². The monoisotopic (exact) mass is 260 g/mol. The van der Waals surface area contributed by atoms with E-state index in [1.807, 2.05) is 0 Å². The number of nitrogens with zero attached hydrogens (tertiary/aromatic N) is 1. The van der Waals surface area contributed by atoms with E-state index in [9.17, 15) is 0 Å². The zero-order chi connectivity index (χ0) is 14.0. The highest BCUT2D eigenvalue weighted by molar-refractivity contribution is 5.51. The quantitative estimate of drug-likeness (QED) is 0.889. The van der Waals surface area contributed by atoms with Gasteiger partial charge in [-0.2, -0.15) is 0 Å². The van der Waals surface area contributed by atoms with Gasteiger partial charge in [0.05, 0.1) is 0 Å². The van der Waals surface area contributed by atoms with Crippen molar-refractivity contribution in [2.24, 2.45) is 5.92 Å². The summed E-state index contributed by atoms with van der Waals surface area (Å²) in [6, 6.07) is 9.14. The predicted octanol–water partition coefficient (Wildman–Crippen LogP) is 3.63. The number of hydrogen-bond donors (Lipinski definition) is 1. The Hall–Kier alpha value is -1.02. The Morgan fingerprint density at radius 3 is 2.42 bits per heavy atom. The van der Waals surface area contributed by atoms with E-state index in [4.69, 9.17) is 0 Å². The third-order valence-corrected chi connectivity index (χ3v) is 4.72. The molecule has 106 valence electrons. The standard InChI is InChI=1S/C17H28N2/c1-13(2)14-6-8-16(9-7-14)19-11-10-15(12-18-5)17(19,3)4/h6-9,13,15,18H,10-12H2,1-5H3. The summed E-state index contributed by atoms with van der Waals surface area (Å²) >= 11 is 0. The molecule has 19 heavy (non-hydrogen) atoms. The highest BCUT2D eigenvalue weighted by Crippen LogP contribution is 2.38. The fraction of sp³-hybridized carbons (Fsp3) is 0.647. The number of benzene rings is 1. The Balaban J connectivity index is 2.18. The Morgan fingerprint density at radius 1 is 1.26 bits per heavy atom. The summed E-state index contributed by atoms with van der Waals surface area (Å²) in [5, 5.41) is 3.33. The maximum Gasteiger partial charge on any atom is 0.0386 e. The first-order valence-electron chi connectivity index (χ1n) is 7.49. The van der Waals surface area contributed by atoms with Crippen molar-refractivity contribution in [2.75, 3.05) is 25.0 Å². The topological polar surface area (TPSA) is 15.3 Å². The summed E-state index contributed by atoms with van der Waals surface area (Å²) < 4.78 is 0. The van der Waals surface area contributed by atoms with Crippen LogP contribution in [0.25, 0.3) is 0 Å². The van der Waals surface area contributed by atoms with Crippen molar-refractivity contribution in [3.8, 4) is 0 Å². The molecule has 0 saturated carbocycles. The van der Waals surface area contributed by atoms with E-state index >= 15 is 0 Å². The Morgan fingerprint density at radius 2 is 1.89 bits per heavy atom. The minimum absolute atomic E-state index is 0.238. The van der Waals surface area contributed by atoms with Crippen LogP contribution in [0.5, 0.6) is 0 Å². The van der Waals surface area contributed by atoms with Gasteiger partial charge in [-0.05, 0) is 63.4 Å². The minimum atomic E-state index is 0.238. The lowest BCUT2D eigenvalue weighted by molar-refractivity contribution is 0.356. The van der Waals surface area contributed by atoms with Crippen LogP contribution in [0.3, 0.4) is 0 Å². The summed E-state index contributed by atoms with van der Waals surface area (Å²) in [5.74, 6) is 1.33. The lowest BCUT2D eigenvalue weighted by Gasteiger charge is -2.38. The molecule has 1 unspecified atom stereocenters. The fourth-order valence-electron chi connectivity index (χ4n) is 3.25. The van der Waals surface area contributed by atoms with E-state index in [0.29, 0.717) is 5.92 Å². The molecule has 0 bridgehead atoms. The summed E-state index contributed by atoms with van der Waals surface area (Å²) in [7, 11) is 2.05. The molecule has 1 saturated heterocycles. The van der Waals surface area contributed by atoms with Crippen molar-refractivity contribution in [3.05, 3.63) is 29.8 Å². The molecule has 1 heterocycles. The van der Waals surface area contributed by atoms with E-state index in [0.717, 1.165) is 12.5 Å². The molecule has 1 aromatic rings. The van der Waals surface area contributed by atoms with Gasteiger partial charge < -0.3 is 10.2 Å². The molecule has 1 aliphatic heterocycles. The molecule has 1 aromatic carbocycles. The summed E-state index contributed by atoms with van der Waals surface area (Å²) in [6.07, 6.45) is 1.28. The Labute approximate surface area is 118 Å². The van der Waals surface area contributed by atoms with E-state index in [1.165, 1.54) is 24.2 Å². The largest absolute Gasteiger partial charge is 0.366 e. The third-order valence-electron chi connectivity index (χ3n) is 4.72. The molecule has 0 aromatic heterocycles. The molecule has 1 fully saturated rings. The van der Waals surface area contributed by atoms with Crippen molar-refractivity contribution >= 4 is 5.69 Å². The molecule has 0 spiro atoms. The number of nitrogens with one attached hydrogen (secondary N) is 1. The Kier molecular flexibility index (Phi) is 4.19. The molecule has 2 rings (SSSR count). The van der Waals surface area contributed by atoms with Crippen LogP contribution < -0.4 is 10.2 Å². The van der Waals surface area contributed by atoms with E-state index in [1.54, 1.807) is 0 Å². The van der Waals surface area contributed by atoms with Gasteiger partial charge in [-0.3, -0.25) is 0 Å². The average molecular weight is 260 g/mol. The summed E-state index contributed by atoms with van der Waals surface area (Å²) in [4.78, 5) is 2.57. The predicted molar refractivity (Wildman–Crippen MR) is 84.0 cm³/mol. The number of rotatable bonds is 4. The van der Waals surface area contributed by atoms with Crippen molar-refractivity contribution in [3.63, 3.8) is 0 Å². The molecule has 1 N–H and O–H groups in total. The van der Waals surface area contributed by atoms with Crippen molar-refractivity contribution < 1.29 is 0 Å². The first-order valence-corrected chi connectivity index (χ1v) is 7.49. The smallest absolute Gasteiger partial charge is 0.0386 e. The molecular weight excluding hydrogens is 232 g/mol. The van der Waals surface area contributed by atoms with Gasteiger partial charge in [0.2, 0.25) is 0 Å². The molecule has 1 aliphatic rings. The highest BCUT2D eigenvalue weighted by Gasteiger charge is 2.40. The first-order chi connectivity index (χ1) is 8.96. The number of hydrogen-bond acceptors (Lipinski definition) is 2. The van der Waals surface area contributed by atoms with E-state index < -0.39 is 0 Å². The molecular formula is C17H28N2. The second-order valence-electron chi connectivity index (χ2n) is 6.59. The van der Waals surface area contributed by atoms with Gasteiger partial charge in [0.15, 0.2) is 0 Å². The molecule has 0 aliphatic carbocycles. The van der Waals surface area contributed by atoms with Crippen molar-refractivity contribution in [1.82, 2.24) is 5.32 Å². The van der Waals surface area contributed by atoms with Crippen LogP contribution in [0, 0.1) is 5.92 Å². The third kappa shape index (κ3) is 2.79. The molecule has 0 amide bonds. The van der Waals surface area contributed by atoms with Crippen LogP contribution in [0.4, 0.5) is 5.69 Å². The number of anilines is 1. The molecule has 2 heteroatoms. The van der Waals surface area contributed by atoms with Crippen LogP contribution in [0.15, 0.2) is 24.3 Å². The molecule has 2 nitrogen and oxygen atoms in total. The van der Waals surface area contributed by atoms with Gasteiger partial charge in [-0.25, -0.2) is 0 Å². The van der Waals surface area contributed by atoms with E-state index in [2.05, 4.69) is 69.2 Å². The summed E-state index contributed by atoms with van der Waals surface area (Å²) in [6.45, 7) is 11.5. The van der Waals surface area contributed by atoms with Gasteiger partial charge in [-0.1, -0.05) is 26.0 Å². The molecule has 0 radical (unpaired) electrons. The highest BCUT2D eigenvalue weighted by atomic mass is 15.2. The zero-order valence-electron chi connectivity index (χ0n) is 13.0. The summed E-state index contributed by atoms with van der Waals surface area (Å²) in [5.41, 5.74) is 3.03. The van der Waals surface area contributed by atoms with Gasteiger partial charge in [0, 0.05) is 17.8 Å². The minimum Gasteiger partial charge on any atom is -0.366 e. The van der Waals surface area contributed by atoms with Crippen LogP contribution in [0.2, 0.25) is 0 Å². The lowest BCUT2D eigenvalue weighted by atomic mass is 9.88. The molecule has 1 atom stereocenters. The van der Waals surface area contributed by atoms with Crippen LogP contribution in [0.1, 0.15) is 45.6 Å². The van der Waals surface area contributed by atoms with Gasteiger partial charge in [0.1, 0.15) is 0 Å². The van der Waals surface area contributed by atoms with Crippen LogP contribution in [-0.4, -0.2) is 25.7 Å². The van der Waals surface area contributed by atoms with Crippen molar-refractivity contribution in [1.29, 1.82) is 0 Å². The van der Waals surface area contributed by atoms with Crippen LogP contribution >= 0.6 is 0 Å². The second kappa shape index (κ2) is 5.54. The van der Waals surface area contributed by atoms with Crippen molar-refractivity contribution in [2.45, 2.75) is 45.6 Å². The zero-order valence-corrected chi connectivity index (χ0v) is 13.0. The normalized spacial score (nSPS) is 22.2. The van der Waals surface area contributed by atoms with Gasteiger partial charge >= 0.3 is 0 Å². The maximum atomic E-state index is 3.33. The second-order valence-corrected chi connectivity index (χ2v) is 6.59.